The molecule has 0 saturated heterocycles. The summed E-state index contributed by atoms with van der Waals surface area (Å²) in [5, 5.41) is 4.50. The van der Waals surface area contributed by atoms with Crippen molar-refractivity contribution in [1.29, 1.82) is 0 Å². The number of aromatic nitrogens is 1. The lowest BCUT2D eigenvalue weighted by atomic mass is 9.51. The molecule has 0 radical (unpaired) electrons. The highest BCUT2D eigenvalue weighted by molar-refractivity contribution is 5.31. The monoisotopic (exact) mass is 274 g/mol. The van der Waals surface area contributed by atoms with Gasteiger partial charge in [0.05, 0.1) is 12.2 Å². The number of hydrogen-bond donors (Lipinski definition) is 1. The Bertz CT molecular complexity index is 477. The number of nitrogens with two attached hydrogens (primary N) is 1. The van der Waals surface area contributed by atoms with Crippen LogP contribution in [-0.2, 0) is 6.54 Å². The van der Waals surface area contributed by atoms with Crippen molar-refractivity contribution in [1.82, 2.24) is 5.16 Å². The van der Waals surface area contributed by atoms with E-state index >= 15 is 0 Å². The highest BCUT2D eigenvalue weighted by Crippen LogP contribution is 2.60. The molecule has 110 valence electrons. The van der Waals surface area contributed by atoms with Gasteiger partial charge in [0, 0.05) is 11.5 Å². The predicted octanol–water partition coefficient (Wildman–Crippen LogP) is 3.80. The lowest BCUT2D eigenvalue weighted by molar-refractivity contribution is -0.00536. The first-order valence-electron chi connectivity index (χ1n) is 8.35. The van der Waals surface area contributed by atoms with E-state index in [9.17, 15) is 0 Å². The van der Waals surface area contributed by atoms with Crippen molar-refractivity contribution in [2.45, 2.75) is 64.3 Å². The van der Waals surface area contributed by atoms with E-state index in [1.807, 2.05) is 0 Å². The maximum Gasteiger partial charge on any atom is 0.153 e. The minimum atomic E-state index is 0.465. The van der Waals surface area contributed by atoms with E-state index in [0.29, 0.717) is 18.4 Å². The predicted molar refractivity (Wildman–Crippen MR) is 78.3 cm³/mol. The van der Waals surface area contributed by atoms with E-state index in [2.05, 4.69) is 19.0 Å². The minimum Gasteiger partial charge on any atom is -0.359 e. The minimum absolute atomic E-state index is 0.465. The summed E-state index contributed by atoms with van der Waals surface area (Å²) in [5.41, 5.74) is 8.44. The summed E-state index contributed by atoms with van der Waals surface area (Å²) in [7, 11) is 0. The van der Waals surface area contributed by atoms with Gasteiger partial charge in [0.15, 0.2) is 5.76 Å². The van der Waals surface area contributed by atoms with Gasteiger partial charge < -0.3 is 10.3 Å². The second-order valence-corrected chi connectivity index (χ2v) is 7.72. The van der Waals surface area contributed by atoms with E-state index in [1.54, 1.807) is 0 Å². The van der Waals surface area contributed by atoms with Gasteiger partial charge in [0.1, 0.15) is 0 Å². The number of nitrogens with zero attached hydrogens (tertiary/aromatic N) is 1. The van der Waals surface area contributed by atoms with Crippen LogP contribution >= 0.6 is 0 Å². The van der Waals surface area contributed by atoms with Gasteiger partial charge in [-0.15, -0.1) is 0 Å². The Morgan fingerprint density at radius 2 is 1.70 bits per heavy atom. The van der Waals surface area contributed by atoms with E-state index in [0.717, 1.165) is 29.4 Å². The molecule has 1 heterocycles. The molecular formula is C17H26N2O. The van der Waals surface area contributed by atoms with Crippen LogP contribution in [0.3, 0.4) is 0 Å². The third kappa shape index (κ3) is 1.78. The highest BCUT2D eigenvalue weighted by atomic mass is 16.5. The second-order valence-electron chi connectivity index (χ2n) is 7.72. The number of hydrogen-bond acceptors (Lipinski definition) is 3. The summed E-state index contributed by atoms with van der Waals surface area (Å²) in [6.07, 6.45) is 7.23. The summed E-state index contributed by atoms with van der Waals surface area (Å²) in [5.74, 6) is 5.79. The Balaban J connectivity index is 1.73. The van der Waals surface area contributed by atoms with Crippen LogP contribution in [0.2, 0.25) is 0 Å². The van der Waals surface area contributed by atoms with Crippen molar-refractivity contribution in [2.75, 3.05) is 0 Å². The first-order valence-corrected chi connectivity index (χ1v) is 8.35. The van der Waals surface area contributed by atoms with E-state index in [-0.39, 0.29) is 0 Å². The average Bonchev–Trinajstić information content (AvgIpc) is 2.81. The molecule has 3 nitrogen and oxygen atoms in total. The summed E-state index contributed by atoms with van der Waals surface area (Å²) < 4.78 is 5.59. The van der Waals surface area contributed by atoms with Crippen molar-refractivity contribution < 1.29 is 4.52 Å². The van der Waals surface area contributed by atoms with Gasteiger partial charge in [0.2, 0.25) is 0 Å². The molecule has 0 amide bonds. The smallest absolute Gasteiger partial charge is 0.153 e. The molecule has 0 aromatic carbocycles. The summed E-state index contributed by atoms with van der Waals surface area (Å²) in [6, 6.07) is 0. The van der Waals surface area contributed by atoms with E-state index in [4.69, 9.17) is 10.3 Å². The third-order valence-electron chi connectivity index (χ3n) is 6.14. The van der Waals surface area contributed by atoms with Crippen molar-refractivity contribution >= 4 is 0 Å². The van der Waals surface area contributed by atoms with Crippen LogP contribution in [0, 0.1) is 23.7 Å². The fourth-order valence-corrected chi connectivity index (χ4v) is 5.72. The first kappa shape index (κ1) is 12.9. The van der Waals surface area contributed by atoms with E-state index in [1.165, 1.54) is 43.4 Å². The summed E-state index contributed by atoms with van der Waals surface area (Å²) in [4.78, 5) is 0. The van der Waals surface area contributed by atoms with Crippen LogP contribution in [0.15, 0.2) is 4.52 Å². The van der Waals surface area contributed by atoms with Crippen molar-refractivity contribution in [3.63, 3.8) is 0 Å². The summed E-state index contributed by atoms with van der Waals surface area (Å²) in [6.45, 7) is 4.96. The molecule has 3 heteroatoms. The SMILES string of the molecule is CC(C)c1c(C2C3CC4CC(C3)CC2C4)noc1CN. The zero-order valence-electron chi connectivity index (χ0n) is 12.6. The van der Waals surface area contributed by atoms with Gasteiger partial charge in [0.25, 0.3) is 0 Å². The Morgan fingerprint density at radius 1 is 1.10 bits per heavy atom. The lowest BCUT2D eigenvalue weighted by Gasteiger charge is -2.54. The molecule has 0 spiro atoms. The molecule has 4 saturated carbocycles. The Labute approximate surface area is 121 Å². The first-order chi connectivity index (χ1) is 9.67. The molecule has 20 heavy (non-hydrogen) atoms. The molecule has 4 bridgehead atoms. The van der Waals surface area contributed by atoms with Crippen LogP contribution in [0.5, 0.6) is 0 Å². The van der Waals surface area contributed by atoms with Crippen LogP contribution in [0.25, 0.3) is 0 Å². The van der Waals surface area contributed by atoms with Gasteiger partial charge in [-0.3, -0.25) is 0 Å². The molecule has 4 fully saturated rings. The van der Waals surface area contributed by atoms with Gasteiger partial charge >= 0.3 is 0 Å². The van der Waals surface area contributed by atoms with Crippen molar-refractivity contribution in [3.05, 3.63) is 17.0 Å². The lowest BCUT2D eigenvalue weighted by Crippen LogP contribution is -2.44. The van der Waals surface area contributed by atoms with Gasteiger partial charge in [-0.25, -0.2) is 0 Å². The zero-order chi connectivity index (χ0) is 13.9. The van der Waals surface area contributed by atoms with Crippen LogP contribution in [-0.4, -0.2) is 5.16 Å². The summed E-state index contributed by atoms with van der Waals surface area (Å²) >= 11 is 0. The van der Waals surface area contributed by atoms with Crippen LogP contribution < -0.4 is 5.73 Å². The molecule has 4 aliphatic rings. The average molecular weight is 274 g/mol. The second kappa shape index (κ2) is 4.59. The molecule has 2 N–H and O–H groups in total. The quantitative estimate of drug-likeness (QED) is 0.912. The molecule has 4 aliphatic carbocycles. The van der Waals surface area contributed by atoms with E-state index < -0.39 is 0 Å². The van der Waals surface area contributed by atoms with Gasteiger partial charge in [-0.1, -0.05) is 19.0 Å². The molecule has 1 aromatic rings. The molecule has 1 aromatic heterocycles. The molecule has 0 atom stereocenters. The molecule has 0 aliphatic heterocycles. The standard InChI is InChI=1S/C17H26N2O/c1-9(2)15-14(8-18)20-19-17(15)16-12-4-10-3-11(6-12)7-13(16)5-10/h9-13,16H,3-8,18H2,1-2H3. The largest absolute Gasteiger partial charge is 0.359 e. The fraction of sp³-hybridized carbons (Fsp3) is 0.824. The molecule has 5 rings (SSSR count). The molecular weight excluding hydrogens is 248 g/mol. The molecule has 0 unspecified atom stereocenters. The fourth-order valence-electron chi connectivity index (χ4n) is 5.72. The Hall–Kier alpha value is -0.830. The maximum absolute atomic E-state index is 5.84. The van der Waals surface area contributed by atoms with Crippen molar-refractivity contribution in [3.8, 4) is 0 Å². The van der Waals surface area contributed by atoms with Crippen LogP contribution in [0.1, 0.15) is 74.8 Å². The number of rotatable bonds is 3. The Morgan fingerprint density at radius 3 is 2.20 bits per heavy atom. The van der Waals surface area contributed by atoms with Gasteiger partial charge in [-0.2, -0.15) is 0 Å². The Kier molecular flexibility index (Phi) is 2.95. The maximum atomic E-state index is 5.84. The van der Waals surface area contributed by atoms with Crippen LogP contribution in [0.4, 0.5) is 0 Å². The van der Waals surface area contributed by atoms with Crippen molar-refractivity contribution in [2.24, 2.45) is 29.4 Å². The highest BCUT2D eigenvalue weighted by Gasteiger charge is 2.50. The zero-order valence-corrected chi connectivity index (χ0v) is 12.6. The third-order valence-corrected chi connectivity index (χ3v) is 6.14. The van der Waals surface area contributed by atoms with Gasteiger partial charge in [-0.05, 0) is 61.7 Å². The normalized spacial score (nSPS) is 38.9. The topological polar surface area (TPSA) is 52.0 Å².